The summed E-state index contributed by atoms with van der Waals surface area (Å²) >= 11 is 0. The molecular weight excluding hydrogens is 455 g/mol. The first-order valence-electron chi connectivity index (χ1n) is 10.7. The van der Waals surface area contributed by atoms with Gasteiger partial charge in [-0.25, -0.2) is 13.8 Å². The van der Waals surface area contributed by atoms with Crippen molar-refractivity contribution >= 4 is 27.3 Å². The Morgan fingerprint density at radius 3 is 2.45 bits per heavy atom. The van der Waals surface area contributed by atoms with E-state index < -0.39 is 27.7 Å². The zero-order valence-corrected chi connectivity index (χ0v) is 19.0. The zero-order chi connectivity index (χ0) is 24.1. The van der Waals surface area contributed by atoms with Crippen LogP contribution in [0.1, 0.15) is 61.4 Å². The molecule has 10 heteroatoms. The number of hydrogen-bond donors (Lipinski definition) is 2. The quantitative estimate of drug-likeness (QED) is 0.506. The van der Waals surface area contributed by atoms with E-state index in [0.717, 1.165) is 56.0 Å². The van der Waals surface area contributed by atoms with Gasteiger partial charge in [0.05, 0.1) is 10.5 Å². The van der Waals surface area contributed by atoms with Crippen LogP contribution in [0, 0.1) is 5.92 Å². The molecule has 2 aromatic rings. The van der Waals surface area contributed by atoms with Crippen molar-refractivity contribution in [3.8, 4) is 0 Å². The van der Waals surface area contributed by atoms with Crippen LogP contribution in [0.5, 0.6) is 0 Å². The Bertz CT molecular complexity index is 1120. The summed E-state index contributed by atoms with van der Waals surface area (Å²) in [5.74, 6) is 0.130. The molecule has 178 valence electrons. The molecule has 1 aliphatic carbocycles. The third kappa shape index (κ3) is 6.80. The SMILES string of the molecule is CCCC1CCC(=NNC(=O)c2cccc(S(=O)(=O)Nc3cccc(C(F)(F)F)c3)c2)CC1. The van der Waals surface area contributed by atoms with E-state index in [1.165, 1.54) is 30.7 Å². The molecule has 6 nitrogen and oxygen atoms in total. The fraction of sp³-hybridized carbons (Fsp3) is 0.391. The first kappa shape index (κ1) is 24.8. The van der Waals surface area contributed by atoms with Gasteiger partial charge in [-0.15, -0.1) is 0 Å². The van der Waals surface area contributed by atoms with Crippen LogP contribution >= 0.6 is 0 Å². The van der Waals surface area contributed by atoms with E-state index in [1.807, 2.05) is 0 Å². The topological polar surface area (TPSA) is 87.6 Å². The number of nitrogens with zero attached hydrogens (tertiary/aromatic N) is 1. The number of alkyl halides is 3. The van der Waals surface area contributed by atoms with E-state index in [-0.39, 0.29) is 16.1 Å². The molecule has 0 aliphatic heterocycles. The van der Waals surface area contributed by atoms with Crippen LogP contribution in [0.4, 0.5) is 18.9 Å². The maximum Gasteiger partial charge on any atom is 0.416 e. The van der Waals surface area contributed by atoms with Gasteiger partial charge in [-0.1, -0.05) is 31.9 Å². The molecule has 1 fully saturated rings. The summed E-state index contributed by atoms with van der Waals surface area (Å²) in [6.07, 6.45) is 1.46. The van der Waals surface area contributed by atoms with Gasteiger partial charge in [0.2, 0.25) is 0 Å². The van der Waals surface area contributed by atoms with Crippen molar-refractivity contribution in [2.75, 3.05) is 4.72 Å². The molecular formula is C23H26F3N3O3S. The molecule has 1 saturated carbocycles. The predicted octanol–water partition coefficient (Wildman–Crippen LogP) is 5.58. The smallest absolute Gasteiger partial charge is 0.280 e. The Kier molecular flexibility index (Phi) is 7.78. The lowest BCUT2D eigenvalue weighted by Gasteiger charge is -2.22. The molecule has 0 heterocycles. The van der Waals surface area contributed by atoms with Gasteiger partial charge in [0, 0.05) is 17.0 Å². The average Bonchev–Trinajstić information content (AvgIpc) is 2.78. The average molecular weight is 482 g/mol. The minimum atomic E-state index is -4.60. The zero-order valence-electron chi connectivity index (χ0n) is 18.2. The first-order chi connectivity index (χ1) is 15.6. The number of rotatable bonds is 7. The Morgan fingerprint density at radius 2 is 1.79 bits per heavy atom. The normalized spacial score (nSPS) is 16.8. The molecule has 0 aromatic heterocycles. The lowest BCUT2D eigenvalue weighted by molar-refractivity contribution is -0.137. The molecule has 0 spiro atoms. The lowest BCUT2D eigenvalue weighted by atomic mass is 9.85. The van der Waals surface area contributed by atoms with Gasteiger partial charge in [0.1, 0.15) is 0 Å². The largest absolute Gasteiger partial charge is 0.416 e. The van der Waals surface area contributed by atoms with Gasteiger partial charge in [0.25, 0.3) is 15.9 Å². The summed E-state index contributed by atoms with van der Waals surface area (Å²) in [4.78, 5) is 12.2. The highest BCUT2D eigenvalue weighted by molar-refractivity contribution is 7.92. The molecule has 0 bridgehead atoms. The van der Waals surface area contributed by atoms with Crippen LogP contribution in [0.2, 0.25) is 0 Å². The van der Waals surface area contributed by atoms with Gasteiger partial charge in [-0.2, -0.15) is 18.3 Å². The summed E-state index contributed by atoms with van der Waals surface area (Å²) < 4.78 is 66.2. The molecule has 0 saturated heterocycles. The number of hydrazone groups is 1. The second kappa shape index (κ2) is 10.4. The van der Waals surface area contributed by atoms with E-state index in [1.54, 1.807) is 0 Å². The highest BCUT2D eigenvalue weighted by Crippen LogP contribution is 2.31. The summed E-state index contributed by atoms with van der Waals surface area (Å²) in [6, 6.07) is 9.13. The molecule has 0 atom stereocenters. The Hall–Kier alpha value is -2.88. The van der Waals surface area contributed by atoms with Gasteiger partial charge >= 0.3 is 6.18 Å². The fourth-order valence-electron chi connectivity index (χ4n) is 3.79. The van der Waals surface area contributed by atoms with Crippen LogP contribution in [-0.4, -0.2) is 20.0 Å². The van der Waals surface area contributed by atoms with Crippen LogP contribution < -0.4 is 10.1 Å². The predicted molar refractivity (Wildman–Crippen MR) is 120 cm³/mol. The molecule has 2 N–H and O–H groups in total. The van der Waals surface area contributed by atoms with E-state index in [2.05, 4.69) is 22.2 Å². The molecule has 1 amide bonds. The Balaban J connectivity index is 1.68. The Labute approximate surface area is 191 Å². The fourth-order valence-corrected chi connectivity index (χ4v) is 4.89. The van der Waals surface area contributed by atoms with Gasteiger partial charge in [0.15, 0.2) is 0 Å². The van der Waals surface area contributed by atoms with Crippen molar-refractivity contribution in [3.63, 3.8) is 0 Å². The van der Waals surface area contributed by atoms with Crippen LogP contribution in [0.25, 0.3) is 0 Å². The third-order valence-electron chi connectivity index (χ3n) is 5.54. The van der Waals surface area contributed by atoms with E-state index in [4.69, 9.17) is 0 Å². The molecule has 33 heavy (non-hydrogen) atoms. The summed E-state index contributed by atoms with van der Waals surface area (Å²) in [5.41, 5.74) is 2.25. The number of sulfonamides is 1. The summed E-state index contributed by atoms with van der Waals surface area (Å²) in [7, 11) is -4.21. The van der Waals surface area contributed by atoms with Crippen molar-refractivity contribution in [2.24, 2.45) is 11.0 Å². The number of carbonyl (C=O) groups excluding carboxylic acids is 1. The van der Waals surface area contributed by atoms with Gasteiger partial charge in [-0.3, -0.25) is 9.52 Å². The monoisotopic (exact) mass is 481 g/mol. The van der Waals surface area contributed by atoms with Crippen LogP contribution in [0.15, 0.2) is 58.5 Å². The highest BCUT2D eigenvalue weighted by Gasteiger charge is 2.30. The second-order valence-corrected chi connectivity index (χ2v) is 9.75. The first-order valence-corrected chi connectivity index (χ1v) is 12.2. The number of benzene rings is 2. The molecule has 0 unspecified atom stereocenters. The van der Waals surface area contributed by atoms with Crippen LogP contribution in [-0.2, 0) is 16.2 Å². The highest BCUT2D eigenvalue weighted by atomic mass is 32.2. The number of halogens is 3. The number of anilines is 1. The maximum atomic E-state index is 12.9. The Morgan fingerprint density at radius 1 is 1.09 bits per heavy atom. The maximum absolute atomic E-state index is 12.9. The van der Waals surface area contributed by atoms with Crippen molar-refractivity contribution < 1.29 is 26.4 Å². The van der Waals surface area contributed by atoms with Crippen molar-refractivity contribution in [1.82, 2.24) is 5.43 Å². The molecule has 1 aliphatic rings. The lowest BCUT2D eigenvalue weighted by Crippen LogP contribution is -2.23. The number of nitrogens with one attached hydrogen (secondary N) is 2. The molecule has 0 radical (unpaired) electrons. The van der Waals surface area contributed by atoms with Crippen molar-refractivity contribution in [3.05, 3.63) is 59.7 Å². The summed E-state index contributed by atoms with van der Waals surface area (Å²) in [6.45, 7) is 2.16. The van der Waals surface area contributed by atoms with Crippen molar-refractivity contribution in [2.45, 2.75) is 56.5 Å². The third-order valence-corrected chi connectivity index (χ3v) is 6.92. The minimum absolute atomic E-state index is 0.0749. The van der Waals surface area contributed by atoms with Gasteiger partial charge in [-0.05, 0) is 68.0 Å². The van der Waals surface area contributed by atoms with Gasteiger partial charge < -0.3 is 0 Å². The molecule has 3 rings (SSSR count). The summed E-state index contributed by atoms with van der Waals surface area (Å²) in [5, 5.41) is 4.19. The molecule has 2 aromatic carbocycles. The van der Waals surface area contributed by atoms with E-state index in [0.29, 0.717) is 12.0 Å². The number of amides is 1. The second-order valence-electron chi connectivity index (χ2n) is 8.06. The number of hydrogen-bond acceptors (Lipinski definition) is 4. The minimum Gasteiger partial charge on any atom is -0.280 e. The van der Waals surface area contributed by atoms with E-state index >= 15 is 0 Å². The van der Waals surface area contributed by atoms with Crippen LogP contribution in [0.3, 0.4) is 0 Å². The standard InChI is InChI=1S/C23H26F3N3O3S/c1-2-5-16-10-12-19(13-11-16)27-28-22(30)17-6-3-9-21(14-17)33(31,32)29-20-8-4-7-18(15-20)23(24,25)26/h3-4,6-9,14-16,29H,2,5,10-13H2,1H3,(H,28,30). The number of carbonyl (C=O) groups is 1. The van der Waals surface area contributed by atoms with Crippen molar-refractivity contribution in [1.29, 1.82) is 0 Å². The van der Waals surface area contributed by atoms with E-state index in [9.17, 15) is 26.4 Å².